The van der Waals surface area contributed by atoms with Gasteiger partial charge in [0.1, 0.15) is 0 Å². The predicted molar refractivity (Wildman–Crippen MR) is 166 cm³/mol. The van der Waals surface area contributed by atoms with Crippen LogP contribution in [0, 0.1) is 17.8 Å². The maximum absolute atomic E-state index is 14.5. The molecule has 0 radical (unpaired) electrons. The summed E-state index contributed by atoms with van der Waals surface area (Å²) in [5, 5.41) is 2.32. The van der Waals surface area contributed by atoms with Gasteiger partial charge < -0.3 is 4.90 Å². The zero-order chi connectivity index (χ0) is 29.5. The Kier molecular flexibility index (Phi) is 7.46. The number of rotatable bonds is 5. The van der Waals surface area contributed by atoms with E-state index in [1.807, 2.05) is 35.2 Å². The Balaban J connectivity index is 1.18. The van der Waals surface area contributed by atoms with Gasteiger partial charge in [0.05, 0.1) is 13.1 Å². The normalized spacial score (nSPS) is 24.3. The molecule has 4 aliphatic rings. The number of imide groups is 1. The summed E-state index contributed by atoms with van der Waals surface area (Å²) in [5.41, 5.74) is 4.34. The first kappa shape index (κ1) is 27.8. The molecular weight excluding hydrogens is 536 g/mol. The standard InChI is InChI=1S/C37H38N2O4/c40-34(23-39-36(42)31-15-4-5-16-32(31)37(39)43)27-20-19-25-10-2-6-18-33(25)38(35(41)30-17-8-12-26(30)21-27)22-28-13-7-11-24-9-1-3-14-29(24)28/h1-3,6-7,9-11,13-14,18,26-27,30H,4-5,8,12,15-17,19-23H2. The van der Waals surface area contributed by atoms with Crippen LogP contribution in [0.3, 0.4) is 0 Å². The van der Waals surface area contributed by atoms with E-state index < -0.39 is 0 Å². The van der Waals surface area contributed by atoms with E-state index >= 15 is 0 Å². The molecule has 3 amide bonds. The van der Waals surface area contributed by atoms with E-state index in [1.54, 1.807) is 0 Å². The van der Waals surface area contributed by atoms with Crippen LogP contribution < -0.4 is 4.90 Å². The van der Waals surface area contributed by atoms with E-state index in [0.29, 0.717) is 49.8 Å². The molecule has 0 bridgehead atoms. The number of Topliss-reactive ketones (excluding diaryl/α,β-unsaturated/α-hetero) is 1. The molecule has 3 aromatic carbocycles. The minimum Gasteiger partial charge on any atom is -0.307 e. The highest BCUT2D eigenvalue weighted by Gasteiger charge is 2.43. The highest BCUT2D eigenvalue weighted by Crippen LogP contribution is 2.42. The third-order valence-corrected chi connectivity index (χ3v) is 10.3. The van der Waals surface area contributed by atoms with Gasteiger partial charge in [-0.25, -0.2) is 0 Å². The Morgan fingerprint density at radius 3 is 2.26 bits per heavy atom. The summed E-state index contributed by atoms with van der Waals surface area (Å²) in [6, 6.07) is 22.7. The molecular formula is C37H38N2O4. The van der Waals surface area contributed by atoms with Gasteiger partial charge in [-0.2, -0.15) is 0 Å². The van der Waals surface area contributed by atoms with Crippen LogP contribution in [-0.2, 0) is 32.1 Å². The van der Waals surface area contributed by atoms with Gasteiger partial charge in [-0.3, -0.25) is 24.1 Å². The molecule has 43 heavy (non-hydrogen) atoms. The number of carbonyl (C=O) groups excluding carboxylic acids is 4. The number of hydrogen-bond acceptors (Lipinski definition) is 4. The van der Waals surface area contributed by atoms with Gasteiger partial charge in [-0.15, -0.1) is 0 Å². The number of fused-ring (bicyclic) bond motifs is 3. The first-order valence-electron chi connectivity index (χ1n) is 16.0. The van der Waals surface area contributed by atoms with Crippen molar-refractivity contribution in [3.63, 3.8) is 0 Å². The van der Waals surface area contributed by atoms with Gasteiger partial charge in [0, 0.05) is 28.7 Å². The highest BCUT2D eigenvalue weighted by molar-refractivity contribution is 6.20. The second-order valence-corrected chi connectivity index (χ2v) is 12.8. The van der Waals surface area contributed by atoms with Crippen LogP contribution in [0.4, 0.5) is 5.69 Å². The maximum Gasteiger partial charge on any atom is 0.257 e. The van der Waals surface area contributed by atoms with Crippen molar-refractivity contribution in [3.05, 3.63) is 89.0 Å². The summed E-state index contributed by atoms with van der Waals surface area (Å²) in [4.78, 5) is 57.7. The monoisotopic (exact) mass is 574 g/mol. The third-order valence-electron chi connectivity index (χ3n) is 10.3. The summed E-state index contributed by atoms with van der Waals surface area (Å²) in [6.45, 7) is 0.342. The molecule has 2 aliphatic heterocycles. The van der Waals surface area contributed by atoms with Crippen molar-refractivity contribution in [2.24, 2.45) is 17.8 Å². The van der Waals surface area contributed by atoms with Crippen LogP contribution >= 0.6 is 0 Å². The van der Waals surface area contributed by atoms with Crippen LogP contribution in [0.25, 0.3) is 10.8 Å². The summed E-state index contributed by atoms with van der Waals surface area (Å²) in [6.07, 6.45) is 7.71. The lowest BCUT2D eigenvalue weighted by Gasteiger charge is -2.33. The number of amides is 3. The molecule has 0 aromatic heterocycles. The van der Waals surface area contributed by atoms with Crippen molar-refractivity contribution in [2.75, 3.05) is 11.4 Å². The van der Waals surface area contributed by atoms with Crippen LogP contribution in [0.1, 0.15) is 68.9 Å². The molecule has 1 saturated carbocycles. The zero-order valence-electron chi connectivity index (χ0n) is 24.6. The van der Waals surface area contributed by atoms with Gasteiger partial charge in [0.15, 0.2) is 5.78 Å². The van der Waals surface area contributed by atoms with Gasteiger partial charge in [0.25, 0.3) is 11.8 Å². The molecule has 0 N–H and O–H groups in total. The molecule has 7 rings (SSSR count). The fraction of sp³-hybridized carbons (Fsp3) is 0.405. The fourth-order valence-electron chi connectivity index (χ4n) is 8.04. The van der Waals surface area contributed by atoms with Crippen molar-refractivity contribution in [1.29, 1.82) is 0 Å². The van der Waals surface area contributed by atoms with Crippen LogP contribution in [0.2, 0.25) is 0 Å². The lowest BCUT2D eigenvalue weighted by atomic mass is 9.80. The minimum absolute atomic E-state index is 0.0506. The predicted octanol–water partition coefficient (Wildman–Crippen LogP) is 6.55. The van der Waals surface area contributed by atoms with Gasteiger partial charge in [-0.05, 0) is 91.7 Å². The number of hydrogen-bond donors (Lipinski definition) is 0. The molecule has 2 aliphatic carbocycles. The molecule has 3 unspecified atom stereocenters. The highest BCUT2D eigenvalue weighted by atomic mass is 16.2. The summed E-state index contributed by atoms with van der Waals surface area (Å²) in [7, 11) is 0. The minimum atomic E-state index is -0.297. The largest absolute Gasteiger partial charge is 0.307 e. The lowest BCUT2D eigenvalue weighted by Crippen LogP contribution is -2.41. The van der Waals surface area contributed by atoms with Crippen LogP contribution in [0.5, 0.6) is 0 Å². The number of para-hydroxylation sites is 1. The molecule has 220 valence electrons. The topological polar surface area (TPSA) is 74.8 Å². The van der Waals surface area contributed by atoms with E-state index in [0.717, 1.165) is 59.7 Å². The SMILES string of the molecule is O=C(CN1C(=O)C2=C(CCCC2)C1=O)C1CCc2ccccc2N(Cc2cccc3ccccc23)C(=O)C2CCCC2C1. The van der Waals surface area contributed by atoms with Crippen LogP contribution in [-0.4, -0.2) is 34.9 Å². The smallest absolute Gasteiger partial charge is 0.257 e. The first-order valence-corrected chi connectivity index (χ1v) is 16.0. The fourth-order valence-corrected chi connectivity index (χ4v) is 8.04. The van der Waals surface area contributed by atoms with Crippen molar-refractivity contribution >= 4 is 40.0 Å². The van der Waals surface area contributed by atoms with Crippen LogP contribution in [0.15, 0.2) is 77.9 Å². The van der Waals surface area contributed by atoms with Gasteiger partial charge >= 0.3 is 0 Å². The zero-order valence-corrected chi connectivity index (χ0v) is 24.6. The lowest BCUT2D eigenvalue weighted by molar-refractivity contribution is -0.142. The molecule has 1 fully saturated rings. The summed E-state index contributed by atoms with van der Waals surface area (Å²) < 4.78 is 0. The van der Waals surface area contributed by atoms with Gasteiger partial charge in [-0.1, -0.05) is 67.1 Å². The Hall–Kier alpha value is -4.06. The van der Waals surface area contributed by atoms with E-state index in [9.17, 15) is 19.2 Å². The van der Waals surface area contributed by atoms with Crippen molar-refractivity contribution < 1.29 is 19.2 Å². The van der Waals surface area contributed by atoms with E-state index in [4.69, 9.17) is 0 Å². The average Bonchev–Trinajstić information content (AvgIpc) is 3.60. The second kappa shape index (κ2) is 11.6. The number of anilines is 1. The Morgan fingerprint density at radius 1 is 0.721 bits per heavy atom. The number of ketones is 1. The van der Waals surface area contributed by atoms with Crippen molar-refractivity contribution in [2.45, 2.75) is 70.8 Å². The molecule has 6 nitrogen and oxygen atoms in total. The maximum atomic E-state index is 14.5. The van der Waals surface area contributed by atoms with Gasteiger partial charge in [0.2, 0.25) is 5.91 Å². The molecule has 3 aromatic rings. The molecule has 0 saturated heterocycles. The van der Waals surface area contributed by atoms with E-state index in [-0.39, 0.29) is 47.8 Å². The van der Waals surface area contributed by atoms with Crippen molar-refractivity contribution in [1.82, 2.24) is 4.90 Å². The average molecular weight is 575 g/mol. The molecule has 0 spiro atoms. The summed E-state index contributed by atoms with van der Waals surface area (Å²) in [5.74, 6) is -0.789. The third kappa shape index (κ3) is 5.11. The second-order valence-electron chi connectivity index (χ2n) is 12.8. The summed E-state index contributed by atoms with van der Waals surface area (Å²) >= 11 is 0. The quantitative estimate of drug-likeness (QED) is 0.324. The Labute approximate surface area is 252 Å². The molecule has 3 atom stereocenters. The Morgan fingerprint density at radius 2 is 1.44 bits per heavy atom. The molecule has 2 heterocycles. The number of nitrogens with zero attached hydrogens (tertiary/aromatic N) is 2. The first-order chi connectivity index (χ1) is 21.0. The number of carbonyl (C=O) groups is 4. The van der Waals surface area contributed by atoms with E-state index in [2.05, 4.69) is 36.4 Å². The van der Waals surface area contributed by atoms with Crippen molar-refractivity contribution in [3.8, 4) is 0 Å². The number of benzene rings is 3. The van der Waals surface area contributed by atoms with E-state index in [1.165, 1.54) is 4.90 Å². The number of aryl methyl sites for hydroxylation is 1. The molecule has 6 heteroatoms. The Bertz CT molecular complexity index is 1620.